The number of benzene rings is 1. The Bertz CT molecular complexity index is 749. The van der Waals surface area contributed by atoms with Crippen molar-refractivity contribution in [2.45, 2.75) is 0 Å². The molecule has 21 heavy (non-hydrogen) atoms. The van der Waals surface area contributed by atoms with Gasteiger partial charge in [0.2, 0.25) is 5.95 Å². The average Bonchev–Trinajstić information content (AvgIpc) is 3.01. The zero-order valence-corrected chi connectivity index (χ0v) is 11.9. The number of H-pyrrole nitrogens is 1. The molecule has 0 fully saturated rings. The second kappa shape index (κ2) is 5.24. The first-order chi connectivity index (χ1) is 10.1. The predicted octanol–water partition coefficient (Wildman–Crippen LogP) is 2.18. The molecule has 6 nitrogen and oxygen atoms in total. The molecule has 0 amide bonds. The van der Waals surface area contributed by atoms with Crippen molar-refractivity contribution in [3.05, 3.63) is 42.6 Å². The van der Waals surface area contributed by atoms with E-state index in [0.717, 1.165) is 22.5 Å². The van der Waals surface area contributed by atoms with E-state index in [1.165, 1.54) is 0 Å². The highest BCUT2D eigenvalue weighted by atomic mass is 15.2. The number of nitrogen functional groups attached to an aromatic ring is 1. The summed E-state index contributed by atoms with van der Waals surface area (Å²) >= 11 is 0. The lowest BCUT2D eigenvalue weighted by atomic mass is 10.1. The number of aromatic nitrogens is 4. The maximum Gasteiger partial charge on any atom is 0.227 e. The topological polar surface area (TPSA) is 83.7 Å². The van der Waals surface area contributed by atoms with Crippen LogP contribution in [0, 0.1) is 0 Å². The van der Waals surface area contributed by atoms with Gasteiger partial charge in [0.1, 0.15) is 5.82 Å². The largest absolute Gasteiger partial charge is 0.384 e. The Balaban J connectivity index is 2.07. The molecular weight excluding hydrogens is 264 g/mol. The van der Waals surface area contributed by atoms with E-state index < -0.39 is 0 Å². The molecule has 1 aromatic carbocycles. The molecule has 0 spiro atoms. The summed E-state index contributed by atoms with van der Waals surface area (Å²) < 4.78 is 0. The lowest BCUT2D eigenvalue weighted by molar-refractivity contribution is 1.01. The molecule has 2 aromatic heterocycles. The third kappa shape index (κ3) is 2.69. The van der Waals surface area contributed by atoms with Gasteiger partial charge >= 0.3 is 0 Å². The first kappa shape index (κ1) is 13.1. The number of nitrogens with zero attached hydrogens (tertiary/aromatic N) is 4. The van der Waals surface area contributed by atoms with Crippen LogP contribution in [0.4, 0.5) is 11.8 Å². The first-order valence-electron chi connectivity index (χ1n) is 6.55. The Morgan fingerprint density at radius 3 is 2.57 bits per heavy atom. The molecule has 3 rings (SSSR count). The fraction of sp³-hybridized carbons (Fsp3) is 0.133. The van der Waals surface area contributed by atoms with Gasteiger partial charge in [0, 0.05) is 37.5 Å². The van der Waals surface area contributed by atoms with Crippen molar-refractivity contribution < 1.29 is 0 Å². The Morgan fingerprint density at radius 1 is 1.05 bits per heavy atom. The van der Waals surface area contributed by atoms with Gasteiger partial charge in [0.25, 0.3) is 0 Å². The van der Waals surface area contributed by atoms with Gasteiger partial charge in [-0.25, -0.2) is 4.98 Å². The highest BCUT2D eigenvalue weighted by molar-refractivity contribution is 5.71. The van der Waals surface area contributed by atoms with Gasteiger partial charge in [-0.1, -0.05) is 18.2 Å². The summed E-state index contributed by atoms with van der Waals surface area (Å²) in [6.07, 6.45) is 1.73. The third-order valence-corrected chi connectivity index (χ3v) is 3.10. The van der Waals surface area contributed by atoms with Crippen LogP contribution in [0.25, 0.3) is 22.5 Å². The van der Waals surface area contributed by atoms with E-state index in [0.29, 0.717) is 11.8 Å². The van der Waals surface area contributed by atoms with Crippen LogP contribution < -0.4 is 10.6 Å². The Kier molecular flexibility index (Phi) is 3.27. The summed E-state index contributed by atoms with van der Waals surface area (Å²) in [4.78, 5) is 10.6. The minimum Gasteiger partial charge on any atom is -0.384 e. The Morgan fingerprint density at radius 2 is 1.86 bits per heavy atom. The maximum atomic E-state index is 5.87. The van der Waals surface area contributed by atoms with Gasteiger partial charge in [0.05, 0.1) is 11.4 Å². The number of anilines is 2. The van der Waals surface area contributed by atoms with E-state index in [1.54, 1.807) is 12.3 Å². The summed E-state index contributed by atoms with van der Waals surface area (Å²) in [5.74, 6) is 1.05. The van der Waals surface area contributed by atoms with Gasteiger partial charge in [-0.15, -0.1) is 0 Å². The van der Waals surface area contributed by atoms with Crippen molar-refractivity contribution in [3.8, 4) is 22.5 Å². The smallest absolute Gasteiger partial charge is 0.227 e. The van der Waals surface area contributed by atoms with Gasteiger partial charge in [-0.3, -0.25) is 5.10 Å². The fourth-order valence-electron chi connectivity index (χ4n) is 2.06. The highest BCUT2D eigenvalue weighted by Crippen LogP contribution is 2.25. The minimum atomic E-state index is 0.454. The predicted molar refractivity (Wildman–Crippen MR) is 83.8 cm³/mol. The van der Waals surface area contributed by atoms with E-state index in [-0.39, 0.29) is 0 Å². The van der Waals surface area contributed by atoms with E-state index in [1.807, 2.05) is 43.3 Å². The number of rotatable bonds is 3. The number of nitrogens with one attached hydrogen (secondary N) is 1. The molecule has 3 N–H and O–H groups in total. The second-order valence-electron chi connectivity index (χ2n) is 4.92. The van der Waals surface area contributed by atoms with E-state index in [2.05, 4.69) is 26.2 Å². The zero-order valence-electron chi connectivity index (χ0n) is 11.9. The standard InChI is InChI=1S/C15H16N6/c1-21(2)15-18-13(9-14(16)19-15)11-5-3-4-10(8-11)12-6-7-17-20-12/h3-9H,1-2H3,(H,17,20)(H2,16,18,19). The molecule has 6 heteroatoms. The van der Waals surface area contributed by atoms with E-state index >= 15 is 0 Å². The first-order valence-corrected chi connectivity index (χ1v) is 6.55. The molecule has 0 atom stereocenters. The second-order valence-corrected chi connectivity index (χ2v) is 4.92. The summed E-state index contributed by atoms with van der Waals surface area (Å²) in [5, 5.41) is 6.93. The molecule has 0 bridgehead atoms. The molecule has 0 aliphatic heterocycles. The summed E-state index contributed by atoms with van der Waals surface area (Å²) in [7, 11) is 3.78. The molecule has 0 aliphatic rings. The lowest BCUT2D eigenvalue weighted by Crippen LogP contribution is -2.14. The quantitative estimate of drug-likeness (QED) is 0.768. The zero-order chi connectivity index (χ0) is 14.8. The van der Waals surface area contributed by atoms with Gasteiger partial charge < -0.3 is 10.6 Å². The van der Waals surface area contributed by atoms with Gasteiger partial charge in [-0.05, 0) is 12.1 Å². The van der Waals surface area contributed by atoms with E-state index in [4.69, 9.17) is 5.73 Å². The van der Waals surface area contributed by atoms with Crippen molar-refractivity contribution in [1.29, 1.82) is 0 Å². The van der Waals surface area contributed by atoms with Crippen LogP contribution in [0.2, 0.25) is 0 Å². The normalized spacial score (nSPS) is 10.6. The number of aromatic amines is 1. The van der Waals surface area contributed by atoms with Gasteiger partial charge in [-0.2, -0.15) is 10.1 Å². The lowest BCUT2D eigenvalue weighted by Gasteiger charge is -2.12. The summed E-state index contributed by atoms with van der Waals surface area (Å²) in [5.41, 5.74) is 9.67. The maximum absolute atomic E-state index is 5.87. The summed E-state index contributed by atoms with van der Waals surface area (Å²) in [6.45, 7) is 0. The van der Waals surface area contributed by atoms with Crippen molar-refractivity contribution in [2.75, 3.05) is 24.7 Å². The molecule has 0 aliphatic carbocycles. The molecule has 0 unspecified atom stereocenters. The Hall–Kier alpha value is -2.89. The molecule has 0 radical (unpaired) electrons. The molecule has 0 saturated heterocycles. The number of hydrogen-bond acceptors (Lipinski definition) is 5. The average molecular weight is 280 g/mol. The number of hydrogen-bond donors (Lipinski definition) is 2. The number of nitrogens with two attached hydrogens (primary N) is 1. The molecule has 0 saturated carbocycles. The van der Waals surface area contributed by atoms with Crippen molar-refractivity contribution in [1.82, 2.24) is 20.2 Å². The highest BCUT2D eigenvalue weighted by Gasteiger charge is 2.08. The van der Waals surface area contributed by atoms with Crippen molar-refractivity contribution in [3.63, 3.8) is 0 Å². The minimum absolute atomic E-state index is 0.454. The van der Waals surface area contributed by atoms with Crippen LogP contribution in [-0.2, 0) is 0 Å². The van der Waals surface area contributed by atoms with Gasteiger partial charge in [0.15, 0.2) is 0 Å². The Labute approximate surface area is 122 Å². The summed E-state index contributed by atoms with van der Waals surface area (Å²) in [6, 6.07) is 11.8. The fourth-order valence-corrected chi connectivity index (χ4v) is 2.06. The van der Waals surface area contributed by atoms with Crippen molar-refractivity contribution >= 4 is 11.8 Å². The molecular formula is C15H16N6. The van der Waals surface area contributed by atoms with Crippen LogP contribution in [0.3, 0.4) is 0 Å². The van der Waals surface area contributed by atoms with Crippen LogP contribution in [0.1, 0.15) is 0 Å². The SMILES string of the molecule is CN(C)c1nc(N)cc(-c2cccc(-c3ccn[nH]3)c2)n1. The van der Waals surface area contributed by atoms with Crippen molar-refractivity contribution in [2.24, 2.45) is 0 Å². The third-order valence-electron chi connectivity index (χ3n) is 3.10. The van der Waals surface area contributed by atoms with Crippen LogP contribution in [0.15, 0.2) is 42.6 Å². The van der Waals surface area contributed by atoms with Crippen LogP contribution in [-0.4, -0.2) is 34.3 Å². The molecule has 2 heterocycles. The molecule has 106 valence electrons. The van der Waals surface area contributed by atoms with Crippen LogP contribution in [0.5, 0.6) is 0 Å². The molecule has 3 aromatic rings. The monoisotopic (exact) mass is 280 g/mol. The van der Waals surface area contributed by atoms with Crippen LogP contribution >= 0.6 is 0 Å². The van der Waals surface area contributed by atoms with E-state index in [9.17, 15) is 0 Å².